The summed E-state index contributed by atoms with van der Waals surface area (Å²) in [6, 6.07) is 33.7. The van der Waals surface area contributed by atoms with Gasteiger partial charge in [0.15, 0.2) is 0 Å². The van der Waals surface area contributed by atoms with Crippen LogP contribution < -0.4 is 0 Å². The molecule has 4 rings (SSSR count). The Morgan fingerprint density at radius 1 is 0.480 bits per heavy atom. The van der Waals surface area contributed by atoms with Crippen LogP contribution in [0.15, 0.2) is 97.1 Å². The molecular formula is C24H19N. The molecule has 0 saturated heterocycles. The van der Waals surface area contributed by atoms with E-state index in [0.29, 0.717) is 0 Å². The van der Waals surface area contributed by atoms with Crippen LogP contribution in [0.4, 0.5) is 0 Å². The van der Waals surface area contributed by atoms with Crippen LogP contribution >= 0.6 is 0 Å². The summed E-state index contributed by atoms with van der Waals surface area (Å²) < 4.78 is 0. The summed E-state index contributed by atoms with van der Waals surface area (Å²) in [6.07, 6.45) is 0. The van der Waals surface area contributed by atoms with Crippen molar-refractivity contribution < 1.29 is 0 Å². The van der Waals surface area contributed by atoms with Gasteiger partial charge in [0, 0.05) is 11.1 Å². The smallest absolute Gasteiger partial charge is 0.0715 e. The molecule has 0 bridgehead atoms. The maximum Gasteiger partial charge on any atom is 0.0715 e. The number of nitrogens with zero attached hydrogens (tertiary/aromatic N) is 1. The first-order valence-corrected chi connectivity index (χ1v) is 8.49. The highest BCUT2D eigenvalue weighted by atomic mass is 14.7. The fraction of sp³-hybridized carbons (Fsp3) is 0.0417. The van der Waals surface area contributed by atoms with Crippen LogP contribution in [0.5, 0.6) is 0 Å². The largest absolute Gasteiger partial charge is 0.248 e. The fourth-order valence-electron chi connectivity index (χ4n) is 2.96. The Bertz CT molecular complexity index is 914. The van der Waals surface area contributed by atoms with Crippen molar-refractivity contribution in [2.24, 2.45) is 0 Å². The molecule has 0 atom stereocenters. The first-order chi connectivity index (χ1) is 12.3. The van der Waals surface area contributed by atoms with Gasteiger partial charge in [0.25, 0.3) is 0 Å². The maximum absolute atomic E-state index is 4.92. The lowest BCUT2D eigenvalue weighted by molar-refractivity contribution is 1.32. The van der Waals surface area contributed by atoms with E-state index < -0.39 is 0 Å². The molecule has 1 aromatic heterocycles. The van der Waals surface area contributed by atoms with Crippen LogP contribution in [-0.2, 0) is 0 Å². The van der Waals surface area contributed by atoms with E-state index in [1.165, 1.54) is 16.7 Å². The van der Waals surface area contributed by atoms with Crippen LogP contribution in [0.1, 0.15) is 5.56 Å². The maximum atomic E-state index is 4.92. The molecule has 1 heterocycles. The van der Waals surface area contributed by atoms with E-state index >= 15 is 0 Å². The van der Waals surface area contributed by atoms with Gasteiger partial charge in [-0.1, -0.05) is 90.5 Å². The first kappa shape index (κ1) is 15.3. The summed E-state index contributed by atoms with van der Waals surface area (Å²) in [6.45, 7) is 2.11. The van der Waals surface area contributed by atoms with Crippen LogP contribution in [-0.4, -0.2) is 4.98 Å². The van der Waals surface area contributed by atoms with Crippen molar-refractivity contribution in [2.45, 2.75) is 6.92 Å². The number of hydrogen-bond acceptors (Lipinski definition) is 1. The van der Waals surface area contributed by atoms with E-state index in [9.17, 15) is 0 Å². The molecule has 25 heavy (non-hydrogen) atoms. The molecule has 4 aromatic rings. The molecule has 0 radical (unpaired) electrons. The molecule has 1 heteroatoms. The average molecular weight is 321 g/mol. The molecule has 0 aliphatic carbocycles. The number of hydrogen-bond donors (Lipinski definition) is 0. The number of aromatic nitrogens is 1. The molecule has 0 aliphatic rings. The minimum absolute atomic E-state index is 0.998. The molecule has 0 aliphatic heterocycles. The number of benzene rings is 3. The second kappa shape index (κ2) is 6.74. The molecule has 1 nitrogen and oxygen atoms in total. The Hall–Kier alpha value is -3.19. The monoisotopic (exact) mass is 321 g/mol. The van der Waals surface area contributed by atoms with Gasteiger partial charge in [-0.05, 0) is 30.2 Å². The third kappa shape index (κ3) is 3.36. The lowest BCUT2D eigenvalue weighted by Crippen LogP contribution is -1.91. The van der Waals surface area contributed by atoms with Crippen molar-refractivity contribution in [1.82, 2.24) is 4.98 Å². The molecule has 3 aromatic carbocycles. The van der Waals surface area contributed by atoms with Crippen molar-refractivity contribution >= 4 is 0 Å². The number of pyridine rings is 1. The van der Waals surface area contributed by atoms with Gasteiger partial charge in [-0.3, -0.25) is 0 Å². The SMILES string of the molecule is Cc1ccc(-c2cc(-c3ccccc3)nc(-c3ccccc3)c2)cc1. The first-order valence-electron chi connectivity index (χ1n) is 8.49. The highest BCUT2D eigenvalue weighted by molar-refractivity contribution is 5.76. The summed E-state index contributed by atoms with van der Waals surface area (Å²) in [5.41, 5.74) is 7.93. The van der Waals surface area contributed by atoms with Crippen molar-refractivity contribution in [1.29, 1.82) is 0 Å². The summed E-state index contributed by atoms with van der Waals surface area (Å²) in [7, 11) is 0. The van der Waals surface area contributed by atoms with Gasteiger partial charge in [-0.15, -0.1) is 0 Å². The van der Waals surface area contributed by atoms with Gasteiger partial charge in [-0.2, -0.15) is 0 Å². The van der Waals surface area contributed by atoms with E-state index in [1.807, 2.05) is 12.1 Å². The Morgan fingerprint density at radius 3 is 1.44 bits per heavy atom. The third-order valence-corrected chi connectivity index (χ3v) is 4.35. The van der Waals surface area contributed by atoms with Crippen molar-refractivity contribution in [3.8, 4) is 33.6 Å². The van der Waals surface area contributed by atoms with Crippen molar-refractivity contribution in [3.63, 3.8) is 0 Å². The van der Waals surface area contributed by atoms with Crippen LogP contribution in [0.2, 0.25) is 0 Å². The number of aryl methyl sites for hydroxylation is 1. The normalized spacial score (nSPS) is 10.6. The van der Waals surface area contributed by atoms with E-state index in [2.05, 4.69) is 91.9 Å². The molecular weight excluding hydrogens is 302 g/mol. The minimum Gasteiger partial charge on any atom is -0.248 e. The molecule has 0 spiro atoms. The van der Waals surface area contributed by atoms with Gasteiger partial charge in [-0.25, -0.2) is 4.98 Å². The van der Waals surface area contributed by atoms with E-state index in [0.717, 1.165) is 22.5 Å². The van der Waals surface area contributed by atoms with E-state index in [-0.39, 0.29) is 0 Å². The Balaban J connectivity index is 1.90. The summed E-state index contributed by atoms with van der Waals surface area (Å²) in [5, 5.41) is 0. The van der Waals surface area contributed by atoms with Crippen LogP contribution in [0.25, 0.3) is 33.6 Å². The van der Waals surface area contributed by atoms with E-state index in [4.69, 9.17) is 4.98 Å². The van der Waals surface area contributed by atoms with Gasteiger partial charge < -0.3 is 0 Å². The van der Waals surface area contributed by atoms with Gasteiger partial charge >= 0.3 is 0 Å². The van der Waals surface area contributed by atoms with Crippen LogP contribution in [0.3, 0.4) is 0 Å². The summed E-state index contributed by atoms with van der Waals surface area (Å²) in [5.74, 6) is 0. The zero-order chi connectivity index (χ0) is 17.1. The highest BCUT2D eigenvalue weighted by Gasteiger charge is 2.08. The summed E-state index contributed by atoms with van der Waals surface area (Å²) >= 11 is 0. The van der Waals surface area contributed by atoms with Gasteiger partial charge in [0.05, 0.1) is 11.4 Å². The highest BCUT2D eigenvalue weighted by Crippen LogP contribution is 2.30. The topological polar surface area (TPSA) is 12.9 Å². The Kier molecular flexibility index (Phi) is 4.14. The molecule has 0 N–H and O–H groups in total. The Labute approximate surface area is 148 Å². The zero-order valence-electron chi connectivity index (χ0n) is 14.2. The second-order valence-corrected chi connectivity index (χ2v) is 6.22. The van der Waals surface area contributed by atoms with Crippen LogP contribution in [0, 0.1) is 6.92 Å². The summed E-state index contributed by atoms with van der Waals surface area (Å²) in [4.78, 5) is 4.92. The molecule has 0 fully saturated rings. The molecule has 120 valence electrons. The molecule has 0 saturated carbocycles. The van der Waals surface area contributed by atoms with Crippen molar-refractivity contribution in [3.05, 3.63) is 103 Å². The standard InChI is InChI=1S/C24H19N/c1-18-12-14-19(15-13-18)22-16-23(20-8-4-2-5-9-20)25-24(17-22)21-10-6-3-7-11-21/h2-17H,1H3. The zero-order valence-corrected chi connectivity index (χ0v) is 14.2. The molecule has 0 amide bonds. The van der Waals surface area contributed by atoms with Gasteiger partial charge in [0.1, 0.15) is 0 Å². The Morgan fingerprint density at radius 2 is 0.960 bits per heavy atom. The molecule has 0 unspecified atom stereocenters. The fourth-order valence-corrected chi connectivity index (χ4v) is 2.96. The third-order valence-electron chi connectivity index (χ3n) is 4.35. The lowest BCUT2D eigenvalue weighted by atomic mass is 9.99. The minimum atomic E-state index is 0.998. The van der Waals surface area contributed by atoms with E-state index in [1.54, 1.807) is 0 Å². The second-order valence-electron chi connectivity index (χ2n) is 6.22. The van der Waals surface area contributed by atoms with Crippen molar-refractivity contribution in [2.75, 3.05) is 0 Å². The predicted octanol–water partition coefficient (Wildman–Crippen LogP) is 6.39. The lowest BCUT2D eigenvalue weighted by Gasteiger charge is -2.10. The van der Waals surface area contributed by atoms with Gasteiger partial charge in [0.2, 0.25) is 0 Å². The number of rotatable bonds is 3. The predicted molar refractivity (Wildman–Crippen MR) is 105 cm³/mol. The quantitative estimate of drug-likeness (QED) is 0.426. The average Bonchev–Trinajstić information content (AvgIpc) is 2.69.